The minimum absolute atomic E-state index is 0.0279. The van der Waals surface area contributed by atoms with Crippen LogP contribution in [0, 0.1) is 0 Å². The van der Waals surface area contributed by atoms with E-state index >= 15 is 0 Å². The van der Waals surface area contributed by atoms with Crippen molar-refractivity contribution in [2.45, 2.75) is 12.6 Å². The van der Waals surface area contributed by atoms with Crippen molar-refractivity contribution in [3.05, 3.63) is 120 Å². The summed E-state index contributed by atoms with van der Waals surface area (Å²) in [5.74, 6) is -0.178. The molecule has 9 heteroatoms. The molecule has 0 aliphatic carbocycles. The Labute approximate surface area is 223 Å². The van der Waals surface area contributed by atoms with Crippen molar-refractivity contribution in [3.63, 3.8) is 0 Å². The average molecular weight is 534 g/mol. The molecule has 0 unspecified atom stereocenters. The Morgan fingerprint density at radius 1 is 0.718 bits per heavy atom. The van der Waals surface area contributed by atoms with Crippen molar-refractivity contribution >= 4 is 28.9 Å². The molecule has 0 radical (unpaired) electrons. The first-order valence-corrected chi connectivity index (χ1v) is 12.2. The third-order valence-electron chi connectivity index (χ3n) is 5.67. The van der Waals surface area contributed by atoms with Crippen LogP contribution in [-0.2, 0) is 17.4 Å². The maximum atomic E-state index is 12.9. The van der Waals surface area contributed by atoms with Crippen LogP contribution in [-0.4, -0.2) is 25.0 Å². The smallest absolute Gasteiger partial charge is 0.416 e. The lowest BCUT2D eigenvalue weighted by Gasteiger charge is -2.11. The van der Waals surface area contributed by atoms with Gasteiger partial charge in [0, 0.05) is 29.0 Å². The second-order valence-corrected chi connectivity index (χ2v) is 8.62. The van der Waals surface area contributed by atoms with Crippen LogP contribution < -0.4 is 20.7 Å². The first-order valence-electron chi connectivity index (χ1n) is 12.2. The highest BCUT2D eigenvalue weighted by Crippen LogP contribution is 2.30. The van der Waals surface area contributed by atoms with E-state index in [0.717, 1.165) is 18.6 Å². The van der Waals surface area contributed by atoms with Gasteiger partial charge >= 0.3 is 6.18 Å². The highest BCUT2D eigenvalue weighted by atomic mass is 19.4. The number of carbonyl (C=O) groups is 2. The summed E-state index contributed by atoms with van der Waals surface area (Å²) in [6, 6.07) is 27.8. The molecular formula is C30H26F3N3O3. The molecule has 200 valence electrons. The van der Waals surface area contributed by atoms with Crippen molar-refractivity contribution in [2.75, 3.05) is 29.1 Å². The minimum Gasteiger partial charge on any atom is -0.493 e. The summed E-state index contributed by atoms with van der Waals surface area (Å²) in [6.07, 6.45) is -3.72. The number of carbonyl (C=O) groups excluding carboxylic acids is 2. The number of hydrogen-bond acceptors (Lipinski definition) is 4. The fraction of sp³-hybridized carbons (Fsp3) is 0.133. The molecule has 0 saturated heterocycles. The second-order valence-electron chi connectivity index (χ2n) is 8.62. The first kappa shape index (κ1) is 27.3. The van der Waals surface area contributed by atoms with E-state index < -0.39 is 17.6 Å². The van der Waals surface area contributed by atoms with Crippen molar-refractivity contribution in [3.8, 4) is 5.75 Å². The maximum absolute atomic E-state index is 12.9. The molecule has 0 aliphatic heterocycles. The van der Waals surface area contributed by atoms with Crippen LogP contribution in [0.25, 0.3) is 0 Å². The number of benzene rings is 4. The van der Waals surface area contributed by atoms with Crippen LogP contribution in [0.4, 0.5) is 30.2 Å². The van der Waals surface area contributed by atoms with E-state index in [2.05, 4.69) is 16.0 Å². The van der Waals surface area contributed by atoms with Gasteiger partial charge in [0.25, 0.3) is 5.91 Å². The second kappa shape index (κ2) is 12.6. The molecule has 0 aromatic heterocycles. The van der Waals surface area contributed by atoms with E-state index in [9.17, 15) is 22.8 Å². The maximum Gasteiger partial charge on any atom is 0.416 e. The minimum atomic E-state index is -4.51. The predicted octanol–water partition coefficient (Wildman–Crippen LogP) is 6.63. The molecular weight excluding hydrogens is 507 g/mol. The number of halogens is 3. The van der Waals surface area contributed by atoms with Crippen LogP contribution in [0.5, 0.6) is 5.75 Å². The lowest BCUT2D eigenvalue weighted by molar-refractivity contribution is -0.137. The lowest BCUT2D eigenvalue weighted by atomic mass is 10.1. The van der Waals surface area contributed by atoms with Gasteiger partial charge in [0.15, 0.2) is 0 Å². The Balaban J connectivity index is 1.24. The number of hydrogen-bond donors (Lipinski definition) is 3. The molecule has 4 aromatic rings. The van der Waals surface area contributed by atoms with E-state index in [1.165, 1.54) is 29.8 Å². The molecule has 0 aliphatic rings. The molecule has 2 amide bonds. The molecule has 4 rings (SSSR count). The zero-order valence-corrected chi connectivity index (χ0v) is 20.8. The molecule has 4 aromatic carbocycles. The molecule has 3 N–H and O–H groups in total. The van der Waals surface area contributed by atoms with Crippen molar-refractivity contribution in [1.82, 2.24) is 0 Å². The van der Waals surface area contributed by atoms with Crippen molar-refractivity contribution in [2.24, 2.45) is 0 Å². The fourth-order valence-corrected chi connectivity index (χ4v) is 3.70. The Kier molecular flexibility index (Phi) is 8.83. The lowest BCUT2D eigenvalue weighted by Crippen LogP contribution is -2.22. The number of anilines is 3. The topological polar surface area (TPSA) is 79.5 Å². The van der Waals surface area contributed by atoms with Crippen LogP contribution in [0.15, 0.2) is 103 Å². The number of nitrogens with one attached hydrogen (secondary N) is 3. The summed E-state index contributed by atoms with van der Waals surface area (Å²) < 4.78 is 44.5. The highest BCUT2D eigenvalue weighted by molar-refractivity contribution is 6.05. The summed E-state index contributed by atoms with van der Waals surface area (Å²) >= 11 is 0. The number of rotatable bonds is 10. The van der Waals surface area contributed by atoms with Gasteiger partial charge < -0.3 is 20.7 Å². The molecule has 0 fully saturated rings. The van der Waals surface area contributed by atoms with Crippen LogP contribution in [0.2, 0.25) is 0 Å². The van der Waals surface area contributed by atoms with Crippen LogP contribution in [0.1, 0.15) is 21.5 Å². The summed E-state index contributed by atoms with van der Waals surface area (Å²) in [6.45, 7) is 0.477. The number of alkyl halides is 3. The summed E-state index contributed by atoms with van der Waals surface area (Å²) in [5, 5.41) is 8.19. The zero-order valence-electron chi connectivity index (χ0n) is 20.8. The average Bonchev–Trinajstić information content (AvgIpc) is 2.93. The molecule has 0 heterocycles. The van der Waals surface area contributed by atoms with Gasteiger partial charge in [-0.25, -0.2) is 0 Å². The molecule has 6 nitrogen and oxygen atoms in total. The third-order valence-corrected chi connectivity index (χ3v) is 5.67. The summed E-state index contributed by atoms with van der Waals surface area (Å²) in [4.78, 5) is 25.0. The quantitative estimate of drug-likeness (QED) is 0.214. The van der Waals surface area contributed by atoms with Gasteiger partial charge in [-0.3, -0.25) is 9.59 Å². The van der Waals surface area contributed by atoms with Gasteiger partial charge in [0.05, 0.1) is 18.7 Å². The SMILES string of the molecule is O=C(CNc1cccc(C(=O)Nc2cccc(C(F)(F)F)c2)c1)Nc1ccc(OCCc2ccccc2)cc1. The Bertz CT molecular complexity index is 1410. The standard InChI is InChI=1S/C30H26F3N3O3/c31-30(32,33)23-9-5-11-26(19-23)36-29(38)22-8-4-10-25(18-22)34-20-28(37)35-24-12-14-27(15-13-24)39-17-16-21-6-2-1-3-7-21/h1-15,18-19,34H,16-17,20H2,(H,35,37)(H,36,38). The van der Waals surface area contributed by atoms with E-state index in [0.29, 0.717) is 23.7 Å². The van der Waals surface area contributed by atoms with Crippen molar-refractivity contribution in [1.29, 1.82) is 0 Å². The Hall–Kier alpha value is -4.79. The Morgan fingerprint density at radius 2 is 1.44 bits per heavy atom. The predicted molar refractivity (Wildman–Crippen MR) is 145 cm³/mol. The van der Waals surface area contributed by atoms with Gasteiger partial charge in [-0.05, 0) is 66.2 Å². The summed E-state index contributed by atoms with van der Waals surface area (Å²) in [7, 11) is 0. The van der Waals surface area contributed by atoms with Gasteiger partial charge in [0.2, 0.25) is 5.91 Å². The number of amides is 2. The summed E-state index contributed by atoms with van der Waals surface area (Å²) in [5.41, 5.74) is 1.69. The van der Waals surface area contributed by atoms with E-state index in [1.54, 1.807) is 36.4 Å². The van der Waals surface area contributed by atoms with Crippen molar-refractivity contribution < 1.29 is 27.5 Å². The largest absolute Gasteiger partial charge is 0.493 e. The zero-order chi connectivity index (χ0) is 27.7. The molecule has 0 bridgehead atoms. The molecule has 39 heavy (non-hydrogen) atoms. The van der Waals surface area contributed by atoms with E-state index in [1.807, 2.05) is 30.3 Å². The normalized spacial score (nSPS) is 10.9. The fourth-order valence-electron chi connectivity index (χ4n) is 3.70. The van der Waals surface area contributed by atoms with Gasteiger partial charge in [-0.2, -0.15) is 13.2 Å². The molecule has 0 atom stereocenters. The van der Waals surface area contributed by atoms with Crippen LogP contribution in [0.3, 0.4) is 0 Å². The van der Waals surface area contributed by atoms with Crippen LogP contribution >= 0.6 is 0 Å². The molecule has 0 saturated carbocycles. The Morgan fingerprint density at radius 3 is 2.18 bits per heavy atom. The number of ether oxygens (including phenoxy) is 1. The monoisotopic (exact) mass is 533 g/mol. The highest BCUT2D eigenvalue weighted by Gasteiger charge is 2.30. The van der Waals surface area contributed by atoms with Gasteiger partial charge in [-0.15, -0.1) is 0 Å². The van der Waals surface area contributed by atoms with E-state index in [4.69, 9.17) is 4.74 Å². The van der Waals surface area contributed by atoms with Gasteiger partial charge in [-0.1, -0.05) is 42.5 Å². The van der Waals surface area contributed by atoms with E-state index in [-0.39, 0.29) is 23.7 Å². The molecule has 0 spiro atoms. The first-order chi connectivity index (χ1) is 18.8. The third kappa shape index (κ3) is 8.36. The van der Waals surface area contributed by atoms with Gasteiger partial charge in [0.1, 0.15) is 5.75 Å².